The summed E-state index contributed by atoms with van der Waals surface area (Å²) in [6.07, 6.45) is -2.66. The second-order valence-electron chi connectivity index (χ2n) is 10.7. The third-order valence-electron chi connectivity index (χ3n) is 7.60. The zero-order valence-electron chi connectivity index (χ0n) is 25.0. The monoisotopic (exact) mass is 632 g/mol. The fourth-order valence-electron chi connectivity index (χ4n) is 5.04. The second kappa shape index (κ2) is 14.2. The van der Waals surface area contributed by atoms with Crippen LogP contribution in [0.1, 0.15) is 33.0 Å². The molecule has 0 radical (unpaired) electrons. The number of carbonyl (C=O) groups is 2. The number of piperazine rings is 1. The molecule has 2 saturated heterocycles. The Kier molecular flexibility index (Phi) is 10.1. The van der Waals surface area contributed by atoms with Crippen molar-refractivity contribution in [2.24, 2.45) is 0 Å². The average molecular weight is 633 g/mol. The number of morpholine rings is 1. The number of rotatable bonds is 10. The van der Waals surface area contributed by atoms with Crippen LogP contribution in [0.3, 0.4) is 0 Å². The first-order chi connectivity index (χ1) is 21.6. The van der Waals surface area contributed by atoms with Gasteiger partial charge in [0.15, 0.2) is 11.4 Å². The Morgan fingerprint density at radius 1 is 1.00 bits per heavy atom. The number of nitrogens with zero attached hydrogens (tertiary/aromatic N) is 8. The Hall–Kier alpha value is -4.35. The number of anilines is 2. The first kappa shape index (κ1) is 32.1. The van der Waals surface area contributed by atoms with E-state index in [2.05, 4.69) is 40.9 Å². The molecule has 0 unspecified atom stereocenters. The van der Waals surface area contributed by atoms with Crippen LogP contribution in [0.2, 0.25) is 0 Å². The van der Waals surface area contributed by atoms with Crippen LogP contribution in [-0.2, 0) is 10.9 Å². The molecule has 1 aromatic carbocycles. The lowest BCUT2D eigenvalue weighted by Crippen LogP contribution is -2.44. The van der Waals surface area contributed by atoms with Crippen LogP contribution in [0.15, 0.2) is 30.5 Å². The minimum Gasteiger partial charge on any atom is -0.480 e. The van der Waals surface area contributed by atoms with Crippen molar-refractivity contribution in [1.82, 2.24) is 40.3 Å². The third kappa shape index (κ3) is 8.03. The highest BCUT2D eigenvalue weighted by Gasteiger charge is 2.38. The number of hydrogen-bond donors (Lipinski definition) is 2. The lowest BCUT2D eigenvalue weighted by Gasteiger charge is -2.35. The zero-order valence-corrected chi connectivity index (χ0v) is 25.0. The standard InChI is InChI=1S/C28H35F3N10O4/c1-38-8-10-40(11-9-38)23-5-4-19(16-21(23)33-27(43)25-20(28(29,30)31)17-24(44-2)35-36-25)41-18-22(34-37-41)26(42)32-6-3-7-39-12-14-45-15-13-39/h4-5,16-18H,3,6-15H2,1-2H3,(H,32,42)(H,33,43). The smallest absolute Gasteiger partial charge is 0.418 e. The molecule has 5 rings (SSSR count). The first-order valence-electron chi connectivity index (χ1n) is 14.5. The van der Waals surface area contributed by atoms with E-state index in [-0.39, 0.29) is 23.2 Å². The van der Waals surface area contributed by atoms with Crippen LogP contribution >= 0.6 is 0 Å². The average Bonchev–Trinajstić information content (AvgIpc) is 3.54. The maximum absolute atomic E-state index is 13.8. The molecule has 3 aromatic rings. The number of ether oxygens (including phenoxy) is 2. The molecular formula is C28H35F3N10O4. The lowest BCUT2D eigenvalue weighted by molar-refractivity contribution is -0.138. The summed E-state index contributed by atoms with van der Waals surface area (Å²) in [7, 11) is 3.15. The van der Waals surface area contributed by atoms with Crippen LogP contribution < -0.4 is 20.3 Å². The van der Waals surface area contributed by atoms with Gasteiger partial charge in [0.2, 0.25) is 5.88 Å². The molecule has 2 aliphatic rings. The molecule has 0 bridgehead atoms. The molecule has 2 N–H and O–H groups in total. The van der Waals surface area contributed by atoms with Gasteiger partial charge in [-0.25, -0.2) is 4.68 Å². The predicted molar refractivity (Wildman–Crippen MR) is 157 cm³/mol. The van der Waals surface area contributed by atoms with E-state index in [9.17, 15) is 22.8 Å². The topological polar surface area (TPSA) is 143 Å². The van der Waals surface area contributed by atoms with Crippen molar-refractivity contribution in [2.75, 3.05) is 89.9 Å². The predicted octanol–water partition coefficient (Wildman–Crippen LogP) is 1.54. The fourth-order valence-corrected chi connectivity index (χ4v) is 5.04. The molecule has 14 nitrogen and oxygen atoms in total. The van der Waals surface area contributed by atoms with Gasteiger partial charge in [-0.1, -0.05) is 5.21 Å². The van der Waals surface area contributed by atoms with Crippen LogP contribution in [0, 0.1) is 0 Å². The molecule has 2 amide bonds. The van der Waals surface area contributed by atoms with E-state index >= 15 is 0 Å². The van der Waals surface area contributed by atoms with Crippen LogP contribution in [-0.4, -0.2) is 127 Å². The van der Waals surface area contributed by atoms with Crippen LogP contribution in [0.5, 0.6) is 5.88 Å². The van der Waals surface area contributed by atoms with E-state index in [1.807, 2.05) is 11.9 Å². The minimum atomic E-state index is -4.88. The summed E-state index contributed by atoms with van der Waals surface area (Å²) in [6.45, 7) is 7.25. The summed E-state index contributed by atoms with van der Waals surface area (Å²) >= 11 is 0. The quantitative estimate of drug-likeness (QED) is 0.314. The Morgan fingerprint density at radius 2 is 1.76 bits per heavy atom. The lowest BCUT2D eigenvalue weighted by atomic mass is 10.1. The molecule has 0 saturated carbocycles. The number of halogens is 3. The molecular weight excluding hydrogens is 597 g/mol. The number of benzene rings is 1. The Balaban J connectivity index is 1.34. The van der Waals surface area contributed by atoms with Gasteiger partial charge in [-0.05, 0) is 38.2 Å². The van der Waals surface area contributed by atoms with Crippen LogP contribution in [0.25, 0.3) is 5.69 Å². The van der Waals surface area contributed by atoms with Gasteiger partial charge < -0.3 is 29.9 Å². The molecule has 17 heteroatoms. The second-order valence-corrected chi connectivity index (χ2v) is 10.7. The number of nitrogens with one attached hydrogen (secondary N) is 2. The SMILES string of the molecule is COc1cc(C(F)(F)F)c(C(=O)Nc2cc(-n3cc(C(=O)NCCCN4CCOCC4)nn3)ccc2N2CCN(C)CC2)nn1. The summed E-state index contributed by atoms with van der Waals surface area (Å²) in [5, 5.41) is 20.6. The van der Waals surface area contributed by atoms with Gasteiger partial charge in [-0.2, -0.15) is 13.2 Å². The number of aromatic nitrogens is 5. The molecule has 2 fully saturated rings. The number of alkyl halides is 3. The Bertz CT molecular complexity index is 1490. The van der Waals surface area contributed by atoms with Gasteiger partial charge in [-0.3, -0.25) is 14.5 Å². The van der Waals surface area contributed by atoms with Crippen molar-refractivity contribution >= 4 is 23.2 Å². The third-order valence-corrected chi connectivity index (χ3v) is 7.60. The number of methoxy groups -OCH3 is 1. The highest BCUT2D eigenvalue weighted by atomic mass is 19.4. The maximum Gasteiger partial charge on any atom is 0.418 e. The van der Waals surface area contributed by atoms with E-state index in [1.165, 1.54) is 10.9 Å². The minimum absolute atomic E-state index is 0.0958. The van der Waals surface area contributed by atoms with Crippen molar-refractivity contribution in [3.63, 3.8) is 0 Å². The normalized spacial score (nSPS) is 16.4. The van der Waals surface area contributed by atoms with E-state index in [4.69, 9.17) is 9.47 Å². The number of carbonyl (C=O) groups excluding carboxylic acids is 2. The summed E-state index contributed by atoms with van der Waals surface area (Å²) in [4.78, 5) is 32.4. The van der Waals surface area contributed by atoms with Gasteiger partial charge in [0.05, 0.1) is 49.1 Å². The first-order valence-corrected chi connectivity index (χ1v) is 14.5. The zero-order chi connectivity index (χ0) is 32.0. The number of hydrogen-bond acceptors (Lipinski definition) is 11. The van der Waals surface area contributed by atoms with Gasteiger partial charge in [0, 0.05) is 51.9 Å². The number of likely N-dealkylation sites (N-methyl/N-ethyl adjacent to an activating group) is 1. The van der Waals surface area contributed by atoms with Crippen molar-refractivity contribution in [3.8, 4) is 11.6 Å². The Labute approximate surface area is 257 Å². The van der Waals surface area contributed by atoms with E-state index in [0.717, 1.165) is 46.3 Å². The number of amides is 2. The van der Waals surface area contributed by atoms with Crippen molar-refractivity contribution < 1.29 is 32.2 Å². The molecule has 45 heavy (non-hydrogen) atoms. The molecule has 242 valence electrons. The Morgan fingerprint density at radius 3 is 2.47 bits per heavy atom. The summed E-state index contributed by atoms with van der Waals surface area (Å²) < 4.78 is 53.0. The van der Waals surface area contributed by atoms with Gasteiger partial charge in [0.1, 0.15) is 0 Å². The highest BCUT2D eigenvalue weighted by Crippen LogP contribution is 2.34. The molecule has 4 heterocycles. The van der Waals surface area contributed by atoms with Gasteiger partial charge >= 0.3 is 6.18 Å². The highest BCUT2D eigenvalue weighted by molar-refractivity contribution is 6.06. The molecule has 0 spiro atoms. The molecule has 0 atom stereocenters. The van der Waals surface area contributed by atoms with Crippen LogP contribution in [0.4, 0.5) is 24.5 Å². The summed E-state index contributed by atoms with van der Waals surface area (Å²) in [5.74, 6) is -1.86. The van der Waals surface area contributed by atoms with E-state index in [0.29, 0.717) is 50.3 Å². The molecule has 2 aliphatic heterocycles. The summed E-state index contributed by atoms with van der Waals surface area (Å²) in [5.41, 5.74) is -0.810. The van der Waals surface area contributed by atoms with Crippen molar-refractivity contribution in [3.05, 3.63) is 47.4 Å². The van der Waals surface area contributed by atoms with Crippen molar-refractivity contribution in [1.29, 1.82) is 0 Å². The molecule has 2 aromatic heterocycles. The van der Waals surface area contributed by atoms with Crippen molar-refractivity contribution in [2.45, 2.75) is 12.6 Å². The fraction of sp³-hybridized carbons (Fsp3) is 0.500. The van der Waals surface area contributed by atoms with E-state index in [1.54, 1.807) is 18.2 Å². The maximum atomic E-state index is 13.8. The summed E-state index contributed by atoms with van der Waals surface area (Å²) in [6, 6.07) is 5.67. The van der Waals surface area contributed by atoms with E-state index < -0.39 is 23.3 Å². The molecule has 0 aliphatic carbocycles. The largest absolute Gasteiger partial charge is 0.480 e. The van der Waals surface area contributed by atoms with Gasteiger partial charge in [-0.15, -0.1) is 15.3 Å². The van der Waals surface area contributed by atoms with Gasteiger partial charge in [0.25, 0.3) is 11.8 Å².